The lowest BCUT2D eigenvalue weighted by molar-refractivity contribution is -0.110. The van der Waals surface area contributed by atoms with E-state index in [0.717, 1.165) is 16.7 Å². The Hall–Kier alpha value is -3.37. The normalized spacial score (nSPS) is 13.9. The van der Waals surface area contributed by atoms with Crippen LogP contribution in [-0.2, 0) is 4.79 Å². The fourth-order valence-corrected chi connectivity index (χ4v) is 3.26. The van der Waals surface area contributed by atoms with Gasteiger partial charge in [0.2, 0.25) is 0 Å². The van der Waals surface area contributed by atoms with E-state index in [2.05, 4.69) is 10.6 Å². The molecule has 1 heterocycles. The minimum absolute atomic E-state index is 0.175. The second-order valence-corrected chi connectivity index (χ2v) is 7.08. The molecule has 2 N–H and O–H groups in total. The molecule has 1 aliphatic rings. The van der Waals surface area contributed by atoms with Crippen molar-refractivity contribution in [2.24, 2.45) is 0 Å². The third kappa shape index (κ3) is 3.68. The van der Waals surface area contributed by atoms with Gasteiger partial charge in [-0.05, 0) is 55.0 Å². The minimum atomic E-state index is -0.177. The largest absolute Gasteiger partial charge is 0.322 e. The van der Waals surface area contributed by atoms with E-state index in [1.165, 1.54) is 0 Å². The summed E-state index contributed by atoms with van der Waals surface area (Å²) in [7, 11) is 0. The molecular weight excluding hydrogens is 372 g/mol. The first-order valence-electron chi connectivity index (χ1n) is 8.81. The number of carbonyl (C=O) groups excluding carboxylic acids is 2. The van der Waals surface area contributed by atoms with Crippen LogP contribution in [0.1, 0.15) is 27.0 Å². The number of hydrogen-bond donors (Lipinski definition) is 2. The van der Waals surface area contributed by atoms with Crippen LogP contribution in [0.15, 0.2) is 66.7 Å². The highest BCUT2D eigenvalue weighted by molar-refractivity contribution is 6.36. The van der Waals surface area contributed by atoms with E-state index < -0.39 is 0 Å². The summed E-state index contributed by atoms with van der Waals surface area (Å²) < 4.78 is 0. The summed E-state index contributed by atoms with van der Waals surface area (Å²) in [5, 5.41) is 6.29. The number of rotatable bonds is 3. The fourth-order valence-electron chi connectivity index (χ4n) is 3.09. The fraction of sp³-hybridized carbons (Fsp3) is 0.0435. The summed E-state index contributed by atoms with van der Waals surface area (Å²) in [5.41, 5.74) is 5.24. The van der Waals surface area contributed by atoms with Gasteiger partial charge in [0.25, 0.3) is 11.8 Å². The summed E-state index contributed by atoms with van der Waals surface area (Å²) >= 11 is 6.00. The Morgan fingerprint density at radius 1 is 1.04 bits per heavy atom. The maximum absolute atomic E-state index is 12.4. The van der Waals surface area contributed by atoms with Gasteiger partial charge in [-0.25, -0.2) is 0 Å². The molecule has 0 unspecified atom stereocenters. The Balaban J connectivity index is 1.59. The average Bonchev–Trinajstić information content (AvgIpc) is 2.97. The molecule has 1 aliphatic heterocycles. The number of carbonyl (C=O) groups is 2. The van der Waals surface area contributed by atoms with Crippen molar-refractivity contribution in [1.29, 1.82) is 0 Å². The van der Waals surface area contributed by atoms with Gasteiger partial charge in [-0.15, -0.1) is 0 Å². The van der Waals surface area contributed by atoms with Crippen LogP contribution < -0.4 is 10.6 Å². The molecule has 0 aliphatic carbocycles. The molecule has 28 heavy (non-hydrogen) atoms. The molecule has 3 aromatic carbocycles. The molecule has 4 nitrogen and oxygen atoms in total. The Bertz CT molecular complexity index is 1120. The number of fused-ring (bicyclic) bond motifs is 1. The Morgan fingerprint density at radius 3 is 2.61 bits per heavy atom. The van der Waals surface area contributed by atoms with Crippen molar-refractivity contribution in [2.75, 3.05) is 10.6 Å². The van der Waals surface area contributed by atoms with Crippen LogP contribution in [0.3, 0.4) is 0 Å². The zero-order valence-electron chi connectivity index (χ0n) is 15.1. The summed E-state index contributed by atoms with van der Waals surface area (Å²) in [6, 6.07) is 20.1. The predicted octanol–water partition coefficient (Wildman–Crippen LogP) is 5.39. The van der Waals surface area contributed by atoms with Gasteiger partial charge in [0.15, 0.2) is 0 Å². The number of amides is 2. The van der Waals surface area contributed by atoms with Crippen LogP contribution in [0.4, 0.5) is 11.4 Å². The maximum Gasteiger partial charge on any atom is 0.256 e. The number of halogens is 1. The second-order valence-electron chi connectivity index (χ2n) is 6.65. The second kappa shape index (κ2) is 7.33. The van der Waals surface area contributed by atoms with Crippen LogP contribution in [0.2, 0.25) is 5.02 Å². The van der Waals surface area contributed by atoms with E-state index in [0.29, 0.717) is 27.5 Å². The molecule has 0 atom stereocenters. The van der Waals surface area contributed by atoms with E-state index in [1.54, 1.807) is 30.3 Å². The number of hydrogen-bond acceptors (Lipinski definition) is 2. The van der Waals surface area contributed by atoms with Crippen molar-refractivity contribution in [3.63, 3.8) is 0 Å². The summed E-state index contributed by atoms with van der Waals surface area (Å²) in [5.74, 6) is -0.352. The first kappa shape index (κ1) is 18.0. The highest BCUT2D eigenvalue weighted by Gasteiger charge is 2.24. The van der Waals surface area contributed by atoms with Crippen molar-refractivity contribution in [3.05, 3.63) is 94.0 Å². The van der Waals surface area contributed by atoms with Gasteiger partial charge in [-0.2, -0.15) is 0 Å². The van der Waals surface area contributed by atoms with Gasteiger partial charge in [0, 0.05) is 27.4 Å². The van der Waals surface area contributed by atoms with Gasteiger partial charge < -0.3 is 10.6 Å². The molecule has 0 spiro atoms. The summed E-state index contributed by atoms with van der Waals surface area (Å²) in [6.07, 6.45) is 1.80. The average molecular weight is 389 g/mol. The van der Waals surface area contributed by atoms with Crippen molar-refractivity contribution in [3.8, 4) is 0 Å². The van der Waals surface area contributed by atoms with Crippen LogP contribution >= 0.6 is 11.6 Å². The maximum atomic E-state index is 12.4. The van der Waals surface area contributed by atoms with Crippen LogP contribution in [0.25, 0.3) is 11.6 Å². The van der Waals surface area contributed by atoms with E-state index in [1.807, 2.05) is 49.4 Å². The number of anilines is 2. The van der Waals surface area contributed by atoms with Crippen molar-refractivity contribution in [1.82, 2.24) is 0 Å². The third-order valence-electron chi connectivity index (χ3n) is 4.53. The van der Waals surface area contributed by atoms with Gasteiger partial charge in [0.1, 0.15) is 0 Å². The Kier molecular flexibility index (Phi) is 4.72. The molecule has 0 aromatic heterocycles. The predicted molar refractivity (Wildman–Crippen MR) is 114 cm³/mol. The molecule has 4 rings (SSSR count). The molecule has 138 valence electrons. The van der Waals surface area contributed by atoms with Crippen LogP contribution in [-0.4, -0.2) is 11.8 Å². The van der Waals surface area contributed by atoms with E-state index in [4.69, 9.17) is 11.6 Å². The van der Waals surface area contributed by atoms with Gasteiger partial charge in [0.05, 0.1) is 5.69 Å². The van der Waals surface area contributed by atoms with Crippen LogP contribution in [0, 0.1) is 6.92 Å². The zero-order chi connectivity index (χ0) is 19.7. The number of benzene rings is 3. The molecule has 0 saturated heterocycles. The molecule has 0 fully saturated rings. The third-order valence-corrected chi connectivity index (χ3v) is 4.77. The lowest BCUT2D eigenvalue weighted by Crippen LogP contribution is -2.11. The lowest BCUT2D eigenvalue weighted by atomic mass is 10.0. The molecule has 5 heteroatoms. The molecule has 0 saturated carbocycles. The first-order valence-corrected chi connectivity index (χ1v) is 9.18. The highest BCUT2D eigenvalue weighted by Crippen LogP contribution is 2.35. The summed E-state index contributed by atoms with van der Waals surface area (Å²) in [6.45, 7) is 1.98. The molecular formula is C23H17ClN2O2. The van der Waals surface area contributed by atoms with Crippen molar-refractivity contribution in [2.45, 2.75) is 6.92 Å². The molecule has 0 radical (unpaired) electrons. The monoisotopic (exact) mass is 388 g/mol. The number of nitrogens with one attached hydrogen (secondary N) is 2. The quantitative estimate of drug-likeness (QED) is 0.591. The first-order chi connectivity index (χ1) is 13.5. The lowest BCUT2D eigenvalue weighted by Gasteiger charge is -2.07. The SMILES string of the molecule is Cc1ccc(C(=O)Nc2cccc(/C=C3\C(=O)Nc4cc(Cl)ccc43)c2)cc1. The van der Waals surface area contributed by atoms with Crippen molar-refractivity contribution < 1.29 is 9.59 Å². The minimum Gasteiger partial charge on any atom is -0.322 e. The van der Waals surface area contributed by atoms with Gasteiger partial charge >= 0.3 is 0 Å². The van der Waals surface area contributed by atoms with E-state index in [9.17, 15) is 9.59 Å². The Morgan fingerprint density at radius 2 is 1.82 bits per heavy atom. The molecule has 2 amide bonds. The van der Waals surface area contributed by atoms with Gasteiger partial charge in [-0.1, -0.05) is 47.5 Å². The number of aryl methyl sites for hydroxylation is 1. The van der Waals surface area contributed by atoms with E-state index >= 15 is 0 Å². The van der Waals surface area contributed by atoms with Gasteiger partial charge in [-0.3, -0.25) is 9.59 Å². The summed E-state index contributed by atoms with van der Waals surface area (Å²) in [4.78, 5) is 24.8. The standard InChI is InChI=1S/C23H17ClN2O2/c1-14-5-7-16(8-6-14)22(27)25-18-4-2-3-15(11-18)12-20-19-10-9-17(24)13-21(19)26-23(20)28/h2-13H,1H3,(H,25,27)(H,26,28)/b20-12-. The van der Waals surface area contributed by atoms with E-state index in [-0.39, 0.29) is 11.8 Å². The van der Waals surface area contributed by atoms with Crippen molar-refractivity contribution >= 4 is 46.4 Å². The molecule has 3 aromatic rings. The molecule has 0 bridgehead atoms. The Labute approximate surface area is 167 Å². The van der Waals surface area contributed by atoms with Crippen LogP contribution in [0.5, 0.6) is 0 Å². The zero-order valence-corrected chi connectivity index (χ0v) is 15.9. The smallest absolute Gasteiger partial charge is 0.256 e. The highest BCUT2D eigenvalue weighted by atomic mass is 35.5. The topological polar surface area (TPSA) is 58.2 Å².